The van der Waals surface area contributed by atoms with E-state index in [4.69, 9.17) is 11.6 Å². The predicted molar refractivity (Wildman–Crippen MR) is 72.6 cm³/mol. The highest BCUT2D eigenvalue weighted by Gasteiger charge is 2.17. The summed E-state index contributed by atoms with van der Waals surface area (Å²) in [7, 11) is 1.58. The summed E-state index contributed by atoms with van der Waals surface area (Å²) in [6, 6.07) is 4.76. The molecule has 0 spiro atoms. The number of para-hydroxylation sites is 1. The highest BCUT2D eigenvalue weighted by Crippen LogP contribution is 2.26. The van der Waals surface area contributed by atoms with Crippen LogP contribution in [0.25, 0.3) is 11.0 Å². The van der Waals surface area contributed by atoms with Crippen molar-refractivity contribution in [3.05, 3.63) is 29.8 Å². The second-order valence-electron chi connectivity index (χ2n) is 4.27. The molecule has 2 rings (SSSR count). The van der Waals surface area contributed by atoms with Gasteiger partial charge in [0.2, 0.25) is 5.91 Å². The molecule has 6 heteroatoms. The van der Waals surface area contributed by atoms with Gasteiger partial charge < -0.3 is 9.88 Å². The molecule has 4 nitrogen and oxygen atoms in total. The van der Waals surface area contributed by atoms with Crippen molar-refractivity contribution in [1.29, 1.82) is 0 Å². The molecule has 0 aliphatic heterocycles. The van der Waals surface area contributed by atoms with Crippen molar-refractivity contribution < 1.29 is 9.18 Å². The maximum Gasteiger partial charge on any atom is 0.221 e. The monoisotopic (exact) mass is 283 g/mol. The molecule has 1 atom stereocenters. The van der Waals surface area contributed by atoms with E-state index in [9.17, 15) is 9.18 Å². The normalized spacial score (nSPS) is 12.6. The van der Waals surface area contributed by atoms with Crippen LogP contribution in [-0.4, -0.2) is 22.5 Å². The zero-order valence-electron chi connectivity index (χ0n) is 10.8. The fraction of sp³-hybridized carbons (Fsp3) is 0.385. The maximum atomic E-state index is 13.7. The van der Waals surface area contributed by atoms with E-state index in [1.54, 1.807) is 30.7 Å². The fourth-order valence-corrected chi connectivity index (χ4v) is 2.17. The number of benzene rings is 1. The average molecular weight is 284 g/mol. The molecule has 1 aromatic carbocycles. The van der Waals surface area contributed by atoms with Crippen molar-refractivity contribution in [1.82, 2.24) is 14.9 Å². The van der Waals surface area contributed by atoms with Crippen molar-refractivity contribution in [2.75, 3.05) is 7.05 Å². The highest BCUT2D eigenvalue weighted by molar-refractivity contribution is 6.20. The number of imidazole rings is 1. The minimum atomic E-state index is -0.380. The summed E-state index contributed by atoms with van der Waals surface area (Å²) in [5.74, 6) is 0.117. The van der Waals surface area contributed by atoms with E-state index in [0.29, 0.717) is 29.8 Å². The lowest BCUT2D eigenvalue weighted by atomic mass is 10.3. The molecule has 2 aromatic rings. The minimum Gasteiger partial charge on any atom is -0.359 e. The molecule has 0 saturated heterocycles. The number of carbonyl (C=O) groups excluding carboxylic acids is 1. The van der Waals surface area contributed by atoms with E-state index in [-0.39, 0.29) is 17.1 Å². The second kappa shape index (κ2) is 5.57. The minimum absolute atomic E-state index is 0.0774. The van der Waals surface area contributed by atoms with Gasteiger partial charge in [0, 0.05) is 20.0 Å². The summed E-state index contributed by atoms with van der Waals surface area (Å²) >= 11 is 6.07. The van der Waals surface area contributed by atoms with E-state index in [2.05, 4.69) is 10.3 Å². The third-order valence-corrected chi connectivity index (χ3v) is 3.15. The molecule has 0 aliphatic carbocycles. The molecule has 0 radical (unpaired) electrons. The summed E-state index contributed by atoms with van der Waals surface area (Å²) in [5.41, 5.74) is 0.952. The maximum absolute atomic E-state index is 13.7. The Labute approximate surface area is 115 Å². The zero-order valence-corrected chi connectivity index (χ0v) is 11.5. The lowest BCUT2D eigenvalue weighted by Gasteiger charge is -2.09. The third-order valence-electron chi connectivity index (χ3n) is 2.96. The van der Waals surface area contributed by atoms with Gasteiger partial charge in [0.1, 0.15) is 11.3 Å². The van der Waals surface area contributed by atoms with Crippen molar-refractivity contribution >= 4 is 28.5 Å². The van der Waals surface area contributed by atoms with Gasteiger partial charge in [-0.15, -0.1) is 11.6 Å². The van der Waals surface area contributed by atoms with Gasteiger partial charge in [0.25, 0.3) is 0 Å². The number of hydrogen-bond donors (Lipinski definition) is 1. The molecule has 0 bridgehead atoms. The van der Waals surface area contributed by atoms with Crippen LogP contribution in [0.4, 0.5) is 4.39 Å². The number of halogens is 2. The van der Waals surface area contributed by atoms with Crippen LogP contribution in [0.15, 0.2) is 18.2 Å². The third kappa shape index (κ3) is 2.71. The Bertz CT molecular complexity index is 609. The molecule has 1 aromatic heterocycles. The number of aromatic nitrogens is 2. The molecular weight excluding hydrogens is 269 g/mol. The topological polar surface area (TPSA) is 46.9 Å². The number of amides is 1. The Kier molecular flexibility index (Phi) is 4.04. The van der Waals surface area contributed by atoms with E-state index in [0.717, 1.165) is 0 Å². The smallest absolute Gasteiger partial charge is 0.221 e. The van der Waals surface area contributed by atoms with E-state index < -0.39 is 0 Å². The van der Waals surface area contributed by atoms with Crippen molar-refractivity contribution in [2.24, 2.45) is 0 Å². The molecule has 1 unspecified atom stereocenters. The number of hydrogen-bond acceptors (Lipinski definition) is 2. The number of alkyl halides is 1. The van der Waals surface area contributed by atoms with Crippen LogP contribution in [0, 0.1) is 5.82 Å². The quantitative estimate of drug-likeness (QED) is 0.877. The molecule has 0 saturated carbocycles. The Morgan fingerprint density at radius 3 is 2.95 bits per heavy atom. The average Bonchev–Trinajstić information content (AvgIpc) is 2.76. The molecular formula is C13H15ClFN3O. The number of rotatable bonds is 4. The number of nitrogens with zero attached hydrogens (tertiary/aromatic N) is 2. The Balaban J connectivity index is 2.46. The summed E-state index contributed by atoms with van der Waals surface area (Å²) in [4.78, 5) is 15.6. The molecule has 0 aliphatic rings. The van der Waals surface area contributed by atoms with Gasteiger partial charge in [-0.05, 0) is 19.1 Å². The molecule has 1 N–H and O–H groups in total. The van der Waals surface area contributed by atoms with Crippen LogP contribution >= 0.6 is 11.6 Å². The zero-order chi connectivity index (χ0) is 14.0. The lowest BCUT2D eigenvalue weighted by molar-refractivity contribution is -0.120. The largest absolute Gasteiger partial charge is 0.359 e. The first kappa shape index (κ1) is 13.8. The fourth-order valence-electron chi connectivity index (χ4n) is 2.01. The molecule has 19 heavy (non-hydrogen) atoms. The highest BCUT2D eigenvalue weighted by atomic mass is 35.5. The molecule has 1 amide bonds. The van der Waals surface area contributed by atoms with Gasteiger partial charge >= 0.3 is 0 Å². The first-order chi connectivity index (χ1) is 9.04. The Morgan fingerprint density at radius 2 is 2.32 bits per heavy atom. The first-order valence-electron chi connectivity index (χ1n) is 6.04. The first-order valence-corrected chi connectivity index (χ1v) is 6.47. The van der Waals surface area contributed by atoms with Crippen LogP contribution in [0.5, 0.6) is 0 Å². The Hall–Kier alpha value is -1.62. The second-order valence-corrected chi connectivity index (χ2v) is 4.92. The lowest BCUT2D eigenvalue weighted by Crippen LogP contribution is -2.20. The van der Waals surface area contributed by atoms with Crippen molar-refractivity contribution in [2.45, 2.75) is 25.3 Å². The Morgan fingerprint density at radius 1 is 1.58 bits per heavy atom. The van der Waals surface area contributed by atoms with Crippen LogP contribution in [0.1, 0.15) is 24.5 Å². The van der Waals surface area contributed by atoms with E-state index >= 15 is 0 Å². The number of nitrogens with one attached hydrogen (secondary N) is 1. The molecule has 0 fully saturated rings. The number of fused-ring (bicyclic) bond motifs is 1. The summed E-state index contributed by atoms with van der Waals surface area (Å²) in [5, 5.41) is 2.21. The predicted octanol–water partition coefficient (Wildman–Crippen LogP) is 2.61. The van der Waals surface area contributed by atoms with Crippen molar-refractivity contribution in [3.63, 3.8) is 0 Å². The number of aryl methyl sites for hydroxylation is 1. The van der Waals surface area contributed by atoms with Crippen LogP contribution in [-0.2, 0) is 11.3 Å². The summed E-state index contributed by atoms with van der Waals surface area (Å²) in [6.45, 7) is 2.20. The van der Waals surface area contributed by atoms with Gasteiger partial charge in [0.15, 0.2) is 5.82 Å². The van der Waals surface area contributed by atoms with Gasteiger partial charge in [0.05, 0.1) is 10.9 Å². The standard InChI is InChI=1S/C13H15ClFN3O/c1-8(14)13-17-12-9(15)4-3-5-10(12)18(13)7-6-11(19)16-2/h3-5,8H,6-7H2,1-2H3,(H,16,19). The van der Waals surface area contributed by atoms with Gasteiger partial charge in [-0.2, -0.15) is 0 Å². The van der Waals surface area contributed by atoms with Crippen LogP contribution < -0.4 is 5.32 Å². The van der Waals surface area contributed by atoms with Crippen LogP contribution in [0.3, 0.4) is 0 Å². The van der Waals surface area contributed by atoms with E-state index in [1.165, 1.54) is 6.07 Å². The van der Waals surface area contributed by atoms with Gasteiger partial charge in [-0.1, -0.05) is 6.07 Å². The van der Waals surface area contributed by atoms with Crippen molar-refractivity contribution in [3.8, 4) is 0 Å². The van der Waals surface area contributed by atoms with E-state index in [1.807, 2.05) is 0 Å². The summed E-state index contributed by atoms with van der Waals surface area (Å²) in [6.07, 6.45) is 0.301. The summed E-state index contributed by atoms with van der Waals surface area (Å²) < 4.78 is 15.5. The molecule has 102 valence electrons. The SMILES string of the molecule is CNC(=O)CCn1c(C(C)Cl)nc2c(F)cccc21. The molecule has 1 heterocycles. The van der Waals surface area contributed by atoms with Gasteiger partial charge in [-0.25, -0.2) is 9.37 Å². The van der Waals surface area contributed by atoms with Crippen LogP contribution in [0.2, 0.25) is 0 Å². The number of carbonyl (C=O) groups is 1. The van der Waals surface area contributed by atoms with Gasteiger partial charge in [-0.3, -0.25) is 4.79 Å².